The molecule has 2 aromatic heterocycles. The summed E-state index contributed by atoms with van der Waals surface area (Å²) < 4.78 is 7.11. The Morgan fingerprint density at radius 3 is 2.88 bits per heavy atom. The quantitative estimate of drug-likeness (QED) is 0.740. The van der Waals surface area contributed by atoms with Gasteiger partial charge < -0.3 is 14.6 Å². The van der Waals surface area contributed by atoms with Gasteiger partial charge in [0.1, 0.15) is 5.69 Å². The maximum Gasteiger partial charge on any atom is 0.354 e. The molecule has 1 aromatic carbocycles. The number of hydrogen-bond donors (Lipinski definition) is 1. The molecule has 1 aliphatic heterocycles. The molecule has 0 unspecified atom stereocenters. The summed E-state index contributed by atoms with van der Waals surface area (Å²) in [5.74, 6) is 0.242. The number of para-hydroxylation sites is 1. The molecule has 3 aromatic rings. The molecule has 3 heterocycles. The van der Waals surface area contributed by atoms with Gasteiger partial charge in [-0.1, -0.05) is 18.2 Å². The number of carbonyl (C=O) groups is 1. The number of rotatable bonds is 4. The van der Waals surface area contributed by atoms with Crippen molar-refractivity contribution in [3.05, 3.63) is 59.9 Å². The number of fused-ring (bicyclic) bond motifs is 3. The number of nitrogens with one attached hydrogen (secondary N) is 1. The molecule has 6 heteroatoms. The molecule has 0 aliphatic carbocycles. The molecule has 0 bridgehead atoms. The number of aryl methyl sites for hydroxylation is 1. The molecule has 0 radical (unpaired) electrons. The number of anilines is 2. The van der Waals surface area contributed by atoms with E-state index >= 15 is 0 Å². The summed E-state index contributed by atoms with van der Waals surface area (Å²) in [6.45, 7) is 2.89. The molecule has 6 nitrogen and oxygen atoms in total. The van der Waals surface area contributed by atoms with Crippen LogP contribution in [0.5, 0.6) is 0 Å². The summed E-state index contributed by atoms with van der Waals surface area (Å²) in [6, 6.07) is 13.5. The first-order valence-corrected chi connectivity index (χ1v) is 8.31. The molecule has 0 spiro atoms. The van der Waals surface area contributed by atoms with E-state index in [1.54, 1.807) is 6.07 Å². The topological polar surface area (TPSA) is 69.0 Å². The van der Waals surface area contributed by atoms with Gasteiger partial charge in [0.15, 0.2) is 0 Å². The fourth-order valence-corrected chi connectivity index (χ4v) is 3.05. The van der Waals surface area contributed by atoms with Crippen molar-refractivity contribution in [2.75, 3.05) is 11.9 Å². The van der Waals surface area contributed by atoms with E-state index in [2.05, 4.69) is 15.3 Å². The van der Waals surface area contributed by atoms with Gasteiger partial charge in [-0.3, -0.25) is 0 Å². The fraction of sp³-hybridized carbons (Fsp3) is 0.211. The van der Waals surface area contributed by atoms with E-state index in [-0.39, 0.29) is 5.97 Å². The number of carbonyl (C=O) groups excluding carboxylic acids is 1. The third kappa shape index (κ3) is 2.87. The van der Waals surface area contributed by atoms with E-state index in [1.165, 1.54) is 0 Å². The largest absolute Gasteiger partial charge is 0.461 e. The number of ether oxygens (including phenoxy) is 1. The number of aromatic nitrogens is 3. The molecule has 0 atom stereocenters. The third-order valence-electron chi connectivity index (χ3n) is 4.21. The van der Waals surface area contributed by atoms with Gasteiger partial charge in [0, 0.05) is 24.0 Å². The van der Waals surface area contributed by atoms with E-state index in [0.717, 1.165) is 35.6 Å². The van der Waals surface area contributed by atoms with Crippen molar-refractivity contribution in [3.8, 4) is 11.4 Å². The van der Waals surface area contributed by atoms with Gasteiger partial charge in [0.2, 0.25) is 5.95 Å². The zero-order valence-corrected chi connectivity index (χ0v) is 13.9. The smallest absolute Gasteiger partial charge is 0.354 e. The summed E-state index contributed by atoms with van der Waals surface area (Å²) in [6.07, 6.45) is 2.64. The first kappa shape index (κ1) is 15.4. The first-order valence-electron chi connectivity index (χ1n) is 8.31. The highest BCUT2D eigenvalue weighted by Crippen LogP contribution is 2.30. The van der Waals surface area contributed by atoms with Gasteiger partial charge in [-0.15, -0.1) is 0 Å². The molecular formula is C19H18N4O2. The Morgan fingerprint density at radius 2 is 2.08 bits per heavy atom. The van der Waals surface area contributed by atoms with Gasteiger partial charge in [0.05, 0.1) is 18.0 Å². The molecule has 0 saturated carbocycles. The summed E-state index contributed by atoms with van der Waals surface area (Å²) in [4.78, 5) is 21.2. The predicted molar refractivity (Wildman–Crippen MR) is 94.8 cm³/mol. The van der Waals surface area contributed by atoms with Crippen LogP contribution in [-0.4, -0.2) is 27.1 Å². The lowest BCUT2D eigenvalue weighted by atomic mass is 10.1. The highest BCUT2D eigenvalue weighted by Gasteiger charge is 2.24. The Bertz CT molecular complexity index is 918. The van der Waals surface area contributed by atoms with Crippen LogP contribution in [0.15, 0.2) is 48.7 Å². The van der Waals surface area contributed by atoms with Gasteiger partial charge in [-0.05, 0) is 37.6 Å². The minimum absolute atomic E-state index is 0.297. The maximum atomic E-state index is 12.1. The van der Waals surface area contributed by atoms with Crippen LogP contribution in [0.2, 0.25) is 0 Å². The second-order valence-electron chi connectivity index (χ2n) is 5.78. The molecule has 1 aliphatic rings. The van der Waals surface area contributed by atoms with Crippen LogP contribution in [0.25, 0.3) is 11.4 Å². The molecule has 1 N–H and O–H groups in total. The highest BCUT2D eigenvalue weighted by atomic mass is 16.5. The van der Waals surface area contributed by atoms with Crippen molar-refractivity contribution >= 4 is 17.6 Å². The summed E-state index contributed by atoms with van der Waals surface area (Å²) >= 11 is 0. The minimum Gasteiger partial charge on any atom is -0.461 e. The standard InChI is InChI=1S/C19H18N4O2/c1-2-25-18(24)16-9-8-15-17-13(10-11-23(15)16)12-20-19(22-17)21-14-6-4-3-5-7-14/h3-9,12H,2,10-11H2,1H3,(H,20,21,22). The van der Waals surface area contributed by atoms with E-state index in [4.69, 9.17) is 4.74 Å². The van der Waals surface area contributed by atoms with E-state index in [0.29, 0.717) is 18.2 Å². The van der Waals surface area contributed by atoms with Crippen molar-refractivity contribution in [3.63, 3.8) is 0 Å². The second-order valence-corrected chi connectivity index (χ2v) is 5.78. The Hall–Kier alpha value is -3.15. The fourth-order valence-electron chi connectivity index (χ4n) is 3.05. The molecule has 0 fully saturated rings. The average Bonchev–Trinajstić information content (AvgIpc) is 3.07. The van der Waals surface area contributed by atoms with Gasteiger partial charge in [-0.2, -0.15) is 0 Å². The Kier molecular flexibility index (Phi) is 3.93. The van der Waals surface area contributed by atoms with Crippen molar-refractivity contribution in [1.29, 1.82) is 0 Å². The SMILES string of the molecule is CCOC(=O)c1ccc2n1CCc1cnc(Nc3ccccc3)nc1-2. The average molecular weight is 334 g/mol. The van der Waals surface area contributed by atoms with Gasteiger partial charge in [0.25, 0.3) is 0 Å². The van der Waals surface area contributed by atoms with Gasteiger partial charge >= 0.3 is 5.97 Å². The van der Waals surface area contributed by atoms with Crippen LogP contribution in [0, 0.1) is 0 Å². The van der Waals surface area contributed by atoms with Crippen molar-refractivity contribution < 1.29 is 9.53 Å². The lowest BCUT2D eigenvalue weighted by Crippen LogP contribution is -2.18. The van der Waals surface area contributed by atoms with Crippen LogP contribution >= 0.6 is 0 Å². The molecule has 0 amide bonds. The molecule has 126 valence electrons. The maximum absolute atomic E-state index is 12.1. The zero-order valence-electron chi connectivity index (χ0n) is 13.9. The van der Waals surface area contributed by atoms with Crippen LogP contribution < -0.4 is 5.32 Å². The van der Waals surface area contributed by atoms with Crippen LogP contribution in [-0.2, 0) is 17.7 Å². The highest BCUT2D eigenvalue weighted by molar-refractivity contribution is 5.89. The van der Waals surface area contributed by atoms with Gasteiger partial charge in [-0.25, -0.2) is 14.8 Å². The third-order valence-corrected chi connectivity index (χ3v) is 4.21. The van der Waals surface area contributed by atoms with Crippen LogP contribution in [0.1, 0.15) is 23.0 Å². The summed E-state index contributed by atoms with van der Waals surface area (Å²) in [5, 5.41) is 3.21. The minimum atomic E-state index is -0.297. The lowest BCUT2D eigenvalue weighted by Gasteiger charge is -2.20. The van der Waals surface area contributed by atoms with E-state index in [1.807, 2.05) is 54.1 Å². The molecule has 0 saturated heterocycles. The number of nitrogens with zero attached hydrogens (tertiary/aromatic N) is 3. The second kappa shape index (κ2) is 6.39. The monoisotopic (exact) mass is 334 g/mol. The summed E-state index contributed by atoms with van der Waals surface area (Å²) in [7, 11) is 0. The van der Waals surface area contributed by atoms with Crippen molar-refractivity contribution in [2.45, 2.75) is 19.9 Å². The van der Waals surface area contributed by atoms with Crippen LogP contribution in [0.4, 0.5) is 11.6 Å². The molecule has 4 rings (SSSR count). The number of esters is 1. The first-order chi connectivity index (χ1) is 12.3. The van der Waals surface area contributed by atoms with Crippen molar-refractivity contribution in [2.24, 2.45) is 0 Å². The van der Waals surface area contributed by atoms with E-state index < -0.39 is 0 Å². The van der Waals surface area contributed by atoms with E-state index in [9.17, 15) is 4.79 Å². The normalized spacial score (nSPS) is 12.2. The zero-order chi connectivity index (χ0) is 17.2. The Morgan fingerprint density at radius 1 is 1.24 bits per heavy atom. The lowest BCUT2D eigenvalue weighted by molar-refractivity contribution is 0.0514. The Balaban J connectivity index is 1.69. The summed E-state index contributed by atoms with van der Waals surface area (Å²) in [5.41, 5.74) is 4.36. The van der Waals surface area contributed by atoms with Crippen LogP contribution in [0.3, 0.4) is 0 Å². The number of benzene rings is 1. The molecule has 25 heavy (non-hydrogen) atoms. The predicted octanol–water partition coefficient (Wildman–Crippen LogP) is 3.42. The van der Waals surface area contributed by atoms with Crippen molar-refractivity contribution in [1.82, 2.24) is 14.5 Å². The molecular weight excluding hydrogens is 316 g/mol. The Labute approximate surface area is 145 Å². The number of hydrogen-bond acceptors (Lipinski definition) is 5.